The van der Waals surface area contributed by atoms with Gasteiger partial charge >= 0.3 is 0 Å². The highest BCUT2D eigenvalue weighted by molar-refractivity contribution is 5.92. The van der Waals surface area contributed by atoms with Crippen molar-refractivity contribution >= 4 is 5.91 Å². The third kappa shape index (κ3) is 3.64. The maximum atomic E-state index is 11.0. The Labute approximate surface area is 118 Å². The van der Waals surface area contributed by atoms with Crippen molar-refractivity contribution in [2.24, 2.45) is 11.7 Å². The number of amides is 1. The molecule has 20 heavy (non-hydrogen) atoms. The maximum absolute atomic E-state index is 11.0. The molecule has 0 spiro atoms. The third-order valence-electron chi connectivity index (χ3n) is 2.79. The molecule has 0 aliphatic heterocycles. The second kappa shape index (κ2) is 6.29. The first-order valence-corrected chi connectivity index (χ1v) is 6.56. The Bertz CT molecular complexity index is 574. The van der Waals surface area contributed by atoms with E-state index in [-0.39, 0.29) is 0 Å². The minimum Gasteiger partial charge on any atom is -0.366 e. The Morgan fingerprint density at radius 3 is 2.75 bits per heavy atom. The van der Waals surface area contributed by atoms with E-state index in [2.05, 4.69) is 29.2 Å². The van der Waals surface area contributed by atoms with Gasteiger partial charge in [0.15, 0.2) is 5.82 Å². The molecule has 0 atom stereocenters. The van der Waals surface area contributed by atoms with Gasteiger partial charge < -0.3 is 11.1 Å². The van der Waals surface area contributed by atoms with Crippen LogP contribution in [0.25, 0.3) is 5.82 Å². The lowest BCUT2D eigenvalue weighted by Gasteiger charge is -2.07. The fourth-order valence-corrected chi connectivity index (χ4v) is 1.74. The van der Waals surface area contributed by atoms with Crippen LogP contribution in [0.2, 0.25) is 0 Å². The average molecular weight is 273 g/mol. The summed E-state index contributed by atoms with van der Waals surface area (Å²) >= 11 is 0. The van der Waals surface area contributed by atoms with Crippen LogP contribution in [-0.4, -0.2) is 27.2 Å². The minimum absolute atomic E-state index is 0.370. The number of nitrogens with two attached hydrogens (primary N) is 1. The molecule has 0 unspecified atom stereocenters. The van der Waals surface area contributed by atoms with E-state index in [1.54, 1.807) is 12.4 Å². The van der Waals surface area contributed by atoms with E-state index >= 15 is 0 Å². The molecule has 6 nitrogen and oxygen atoms in total. The van der Waals surface area contributed by atoms with E-state index in [9.17, 15) is 4.79 Å². The van der Waals surface area contributed by atoms with Crippen molar-refractivity contribution in [2.75, 3.05) is 6.54 Å². The van der Waals surface area contributed by atoms with Crippen molar-refractivity contribution in [3.63, 3.8) is 0 Å². The fraction of sp³-hybridized carbons (Fsp3) is 0.357. The number of rotatable bonds is 6. The van der Waals surface area contributed by atoms with Gasteiger partial charge in [-0.2, -0.15) is 5.10 Å². The summed E-state index contributed by atoms with van der Waals surface area (Å²) in [5.74, 6) is 0.786. The molecular weight excluding hydrogens is 254 g/mol. The summed E-state index contributed by atoms with van der Waals surface area (Å²) in [7, 11) is 0. The summed E-state index contributed by atoms with van der Waals surface area (Å²) in [5, 5.41) is 7.42. The van der Waals surface area contributed by atoms with Crippen LogP contribution in [0.1, 0.15) is 29.8 Å². The molecular formula is C14H19N5O. The fourth-order valence-electron chi connectivity index (χ4n) is 1.74. The smallest absolute Gasteiger partial charge is 0.251 e. The molecule has 2 aromatic rings. The van der Waals surface area contributed by atoms with Crippen molar-refractivity contribution in [2.45, 2.75) is 20.4 Å². The van der Waals surface area contributed by atoms with E-state index in [4.69, 9.17) is 5.73 Å². The Hall–Kier alpha value is -2.21. The molecule has 1 amide bonds. The first-order valence-electron chi connectivity index (χ1n) is 6.56. The SMILES string of the molecule is CC(C)CNCc1ccc(-n2cc(C(N)=O)cn2)nc1. The van der Waals surface area contributed by atoms with Crippen LogP contribution in [-0.2, 0) is 6.54 Å². The van der Waals surface area contributed by atoms with Crippen LogP contribution in [0.5, 0.6) is 0 Å². The lowest BCUT2D eigenvalue weighted by Crippen LogP contribution is -2.19. The molecule has 0 bridgehead atoms. The zero-order valence-corrected chi connectivity index (χ0v) is 11.7. The van der Waals surface area contributed by atoms with E-state index in [1.807, 2.05) is 12.1 Å². The normalized spacial score (nSPS) is 10.9. The molecule has 0 saturated carbocycles. The van der Waals surface area contributed by atoms with Gasteiger partial charge in [-0.3, -0.25) is 4.79 Å². The number of primary amides is 1. The Kier molecular flexibility index (Phi) is 4.47. The van der Waals surface area contributed by atoms with E-state index in [0.29, 0.717) is 17.3 Å². The molecule has 2 aromatic heterocycles. The van der Waals surface area contributed by atoms with Crippen molar-refractivity contribution in [1.82, 2.24) is 20.1 Å². The van der Waals surface area contributed by atoms with Crippen molar-refractivity contribution in [3.05, 3.63) is 41.9 Å². The highest BCUT2D eigenvalue weighted by atomic mass is 16.1. The lowest BCUT2D eigenvalue weighted by atomic mass is 10.2. The van der Waals surface area contributed by atoms with Gasteiger partial charge in [0.25, 0.3) is 5.91 Å². The molecule has 2 heterocycles. The van der Waals surface area contributed by atoms with Gasteiger partial charge in [0.05, 0.1) is 11.8 Å². The van der Waals surface area contributed by atoms with Crippen LogP contribution < -0.4 is 11.1 Å². The van der Waals surface area contributed by atoms with Gasteiger partial charge in [-0.15, -0.1) is 0 Å². The maximum Gasteiger partial charge on any atom is 0.251 e. The second-order valence-corrected chi connectivity index (χ2v) is 5.09. The first kappa shape index (κ1) is 14.2. The number of pyridine rings is 1. The molecule has 2 rings (SSSR count). The second-order valence-electron chi connectivity index (χ2n) is 5.09. The summed E-state index contributed by atoms with van der Waals surface area (Å²) in [4.78, 5) is 15.3. The summed E-state index contributed by atoms with van der Waals surface area (Å²) in [5.41, 5.74) is 6.67. The highest BCUT2D eigenvalue weighted by Gasteiger charge is 2.06. The molecule has 0 fully saturated rings. The number of nitrogens with zero attached hydrogens (tertiary/aromatic N) is 3. The van der Waals surface area contributed by atoms with E-state index < -0.39 is 5.91 Å². The van der Waals surface area contributed by atoms with Gasteiger partial charge in [-0.05, 0) is 24.1 Å². The average Bonchev–Trinajstić information content (AvgIpc) is 2.89. The minimum atomic E-state index is -0.495. The monoisotopic (exact) mass is 273 g/mol. The first-order chi connectivity index (χ1) is 9.56. The number of aromatic nitrogens is 3. The zero-order valence-electron chi connectivity index (χ0n) is 11.7. The molecule has 0 saturated heterocycles. The standard InChI is InChI=1S/C14H19N5O/c1-10(2)5-16-6-11-3-4-13(17-7-11)19-9-12(8-18-19)14(15)20/h3-4,7-10,16H,5-6H2,1-2H3,(H2,15,20). The Balaban J connectivity index is 2.01. The van der Waals surface area contributed by atoms with Crippen molar-refractivity contribution in [1.29, 1.82) is 0 Å². The molecule has 106 valence electrons. The van der Waals surface area contributed by atoms with Crippen molar-refractivity contribution < 1.29 is 4.79 Å². The van der Waals surface area contributed by atoms with Crippen LogP contribution in [0.15, 0.2) is 30.7 Å². The molecule has 0 radical (unpaired) electrons. The predicted molar refractivity (Wildman–Crippen MR) is 76.4 cm³/mol. The van der Waals surface area contributed by atoms with Crippen LogP contribution in [0.3, 0.4) is 0 Å². The molecule has 6 heteroatoms. The Morgan fingerprint density at radius 1 is 1.40 bits per heavy atom. The van der Waals surface area contributed by atoms with E-state index in [0.717, 1.165) is 18.7 Å². The molecule has 3 N–H and O–H groups in total. The summed E-state index contributed by atoms with van der Waals surface area (Å²) < 4.78 is 1.53. The highest BCUT2D eigenvalue weighted by Crippen LogP contribution is 2.07. The number of carbonyl (C=O) groups excluding carboxylic acids is 1. The van der Waals surface area contributed by atoms with Crippen LogP contribution >= 0.6 is 0 Å². The summed E-state index contributed by atoms with van der Waals surface area (Å²) in [6.45, 7) is 6.10. The van der Waals surface area contributed by atoms with Gasteiger partial charge in [-0.25, -0.2) is 9.67 Å². The van der Waals surface area contributed by atoms with E-state index in [1.165, 1.54) is 10.9 Å². The number of nitrogens with one attached hydrogen (secondary N) is 1. The van der Waals surface area contributed by atoms with Gasteiger partial charge in [-0.1, -0.05) is 19.9 Å². The van der Waals surface area contributed by atoms with Crippen LogP contribution in [0, 0.1) is 5.92 Å². The summed E-state index contributed by atoms with van der Waals surface area (Å²) in [6.07, 6.45) is 4.80. The zero-order chi connectivity index (χ0) is 14.5. The topological polar surface area (TPSA) is 85.8 Å². The number of hydrogen-bond acceptors (Lipinski definition) is 4. The van der Waals surface area contributed by atoms with Gasteiger partial charge in [0.2, 0.25) is 0 Å². The lowest BCUT2D eigenvalue weighted by molar-refractivity contribution is 0.100. The van der Waals surface area contributed by atoms with Crippen molar-refractivity contribution in [3.8, 4) is 5.82 Å². The van der Waals surface area contributed by atoms with Crippen LogP contribution in [0.4, 0.5) is 0 Å². The molecule has 0 aromatic carbocycles. The number of carbonyl (C=O) groups is 1. The van der Waals surface area contributed by atoms with Gasteiger partial charge in [0.1, 0.15) is 0 Å². The predicted octanol–water partition coefficient (Wildman–Crippen LogP) is 1.11. The third-order valence-corrected chi connectivity index (χ3v) is 2.79. The largest absolute Gasteiger partial charge is 0.366 e. The molecule has 0 aliphatic carbocycles. The quantitative estimate of drug-likeness (QED) is 0.825. The number of hydrogen-bond donors (Lipinski definition) is 2. The Morgan fingerprint density at radius 2 is 2.20 bits per heavy atom. The molecule has 0 aliphatic rings. The summed E-state index contributed by atoms with van der Waals surface area (Å²) in [6, 6.07) is 3.85. The van der Waals surface area contributed by atoms with Gasteiger partial charge in [0, 0.05) is 18.9 Å².